The van der Waals surface area contributed by atoms with Gasteiger partial charge in [0, 0.05) is 5.67 Å². The molecule has 0 aromatic heterocycles. The number of hydrogen-bond donors (Lipinski definition) is 0. The molecule has 0 aliphatic carbocycles. The van der Waals surface area contributed by atoms with E-state index in [0.717, 1.165) is 11.6 Å². The molecule has 0 bridgehead atoms. The van der Waals surface area contributed by atoms with Gasteiger partial charge in [0.25, 0.3) is 0 Å². The Morgan fingerprint density at radius 3 is 2.06 bits per heavy atom. The molecule has 1 unspecified atom stereocenters. The second-order valence-corrected chi connectivity index (χ2v) is 11.1. The van der Waals surface area contributed by atoms with Gasteiger partial charge in [0.2, 0.25) is 0 Å². The zero-order chi connectivity index (χ0) is 13.2. The summed E-state index contributed by atoms with van der Waals surface area (Å²) in [6.45, 7) is 12.5. The molecule has 1 atom stereocenters. The highest BCUT2D eigenvalue weighted by atomic mass is 28.3. The molecule has 1 heterocycles. The number of hydrogen-bond acceptors (Lipinski definition) is 1. The molecule has 1 saturated heterocycles. The minimum atomic E-state index is -1.41. The van der Waals surface area contributed by atoms with E-state index >= 15 is 0 Å². The minimum absolute atomic E-state index is 0.755. The van der Waals surface area contributed by atoms with Crippen LogP contribution in [-0.2, 0) is 0 Å². The van der Waals surface area contributed by atoms with E-state index in [1.807, 2.05) is 0 Å². The lowest BCUT2D eigenvalue weighted by molar-refractivity contribution is 0.252. The van der Waals surface area contributed by atoms with Gasteiger partial charge in [-0.25, -0.2) is 0 Å². The number of likely N-dealkylation sites (tertiary alicyclic amines) is 1. The summed E-state index contributed by atoms with van der Waals surface area (Å²) < 4.78 is 0. The Hall–Kier alpha value is -0.603. The van der Waals surface area contributed by atoms with Gasteiger partial charge in [-0.1, -0.05) is 62.5 Å². The number of nitrogens with zero attached hydrogens (tertiary/aromatic N) is 1. The molecule has 0 amide bonds. The highest BCUT2D eigenvalue weighted by molar-refractivity contribution is 6.91. The Kier molecular flexibility index (Phi) is 4.28. The fraction of sp³-hybridized carbons (Fsp3) is 0.625. The average molecular weight is 261 g/mol. The summed E-state index contributed by atoms with van der Waals surface area (Å²) >= 11 is 0. The van der Waals surface area contributed by atoms with Crippen LogP contribution in [-0.4, -0.2) is 31.7 Å². The molecule has 2 heteroatoms. The standard InChI is InChI=1S/C16H27NSi/c1-14(2)16(17-12-8-9-13-17)18(3,4)15-10-6-5-7-11-15/h5-7,10-11,14,16H,8-9,12-13H2,1-4H3. The van der Waals surface area contributed by atoms with E-state index in [1.54, 1.807) is 5.19 Å². The molecule has 1 fully saturated rings. The highest BCUT2D eigenvalue weighted by Gasteiger charge is 2.40. The second-order valence-electron chi connectivity index (χ2n) is 6.52. The van der Waals surface area contributed by atoms with Crippen molar-refractivity contribution in [2.45, 2.75) is 45.4 Å². The Morgan fingerprint density at radius 2 is 1.56 bits per heavy atom. The Bertz CT molecular complexity index is 366. The highest BCUT2D eigenvalue weighted by Crippen LogP contribution is 2.25. The Labute approximate surface area is 113 Å². The second kappa shape index (κ2) is 5.58. The Morgan fingerprint density at radius 1 is 1.00 bits per heavy atom. The molecule has 0 saturated carbocycles. The molecule has 2 rings (SSSR count). The smallest absolute Gasteiger partial charge is 0.0990 e. The van der Waals surface area contributed by atoms with Gasteiger partial charge in [0.15, 0.2) is 0 Å². The zero-order valence-electron chi connectivity index (χ0n) is 12.3. The lowest BCUT2D eigenvalue weighted by atomic mass is 10.2. The Balaban J connectivity index is 2.29. The zero-order valence-corrected chi connectivity index (χ0v) is 13.3. The quantitative estimate of drug-likeness (QED) is 0.752. The lowest BCUT2D eigenvalue weighted by Gasteiger charge is -2.42. The predicted molar refractivity (Wildman–Crippen MR) is 83.0 cm³/mol. The van der Waals surface area contributed by atoms with Gasteiger partial charge in [0.05, 0.1) is 8.07 Å². The van der Waals surface area contributed by atoms with Crippen LogP contribution in [0, 0.1) is 5.92 Å². The SMILES string of the molecule is CC(C)C(N1CCCC1)[Si](C)(C)c1ccccc1. The monoisotopic (exact) mass is 261 g/mol. The fourth-order valence-electron chi connectivity index (χ4n) is 3.77. The van der Waals surface area contributed by atoms with Gasteiger partial charge >= 0.3 is 0 Å². The maximum atomic E-state index is 2.77. The van der Waals surface area contributed by atoms with Crippen LogP contribution in [0.15, 0.2) is 30.3 Å². The van der Waals surface area contributed by atoms with Crippen LogP contribution >= 0.6 is 0 Å². The maximum absolute atomic E-state index is 2.77. The first kappa shape index (κ1) is 13.8. The lowest BCUT2D eigenvalue weighted by Crippen LogP contribution is -2.61. The molecule has 1 aromatic carbocycles. The van der Waals surface area contributed by atoms with Crippen molar-refractivity contribution in [3.63, 3.8) is 0 Å². The van der Waals surface area contributed by atoms with Crippen LogP contribution in [0.3, 0.4) is 0 Å². The van der Waals surface area contributed by atoms with E-state index in [9.17, 15) is 0 Å². The summed E-state index contributed by atoms with van der Waals surface area (Å²) in [6.07, 6.45) is 2.78. The number of rotatable bonds is 4. The molecule has 0 N–H and O–H groups in total. The first-order chi connectivity index (χ1) is 8.53. The number of benzene rings is 1. The van der Waals surface area contributed by atoms with Crippen LogP contribution in [0.2, 0.25) is 13.1 Å². The van der Waals surface area contributed by atoms with Crippen LogP contribution in [0.1, 0.15) is 26.7 Å². The van der Waals surface area contributed by atoms with Crippen LogP contribution in [0.5, 0.6) is 0 Å². The van der Waals surface area contributed by atoms with E-state index in [2.05, 4.69) is 62.2 Å². The first-order valence-electron chi connectivity index (χ1n) is 7.33. The molecule has 0 radical (unpaired) electrons. The summed E-state index contributed by atoms with van der Waals surface area (Å²) in [5.74, 6) is 0.755. The van der Waals surface area contributed by atoms with Crippen LogP contribution in [0.25, 0.3) is 0 Å². The molecule has 18 heavy (non-hydrogen) atoms. The molecular weight excluding hydrogens is 234 g/mol. The van der Waals surface area contributed by atoms with Crippen LogP contribution < -0.4 is 5.19 Å². The molecule has 0 spiro atoms. The molecule has 1 aliphatic heterocycles. The molecule has 1 aromatic rings. The maximum Gasteiger partial charge on any atom is 0.0990 e. The van der Waals surface area contributed by atoms with Crippen molar-refractivity contribution in [1.82, 2.24) is 4.90 Å². The van der Waals surface area contributed by atoms with E-state index in [4.69, 9.17) is 0 Å². The first-order valence-corrected chi connectivity index (χ1v) is 10.4. The normalized spacial score (nSPS) is 19.4. The van der Waals surface area contributed by atoms with Crippen molar-refractivity contribution in [1.29, 1.82) is 0 Å². The summed E-state index contributed by atoms with van der Waals surface area (Å²) in [6, 6.07) is 11.2. The van der Waals surface area contributed by atoms with Gasteiger partial charge in [-0.2, -0.15) is 0 Å². The fourth-order valence-corrected chi connectivity index (χ4v) is 8.00. The molecule has 100 valence electrons. The molecule has 1 aliphatic rings. The van der Waals surface area contributed by atoms with Crippen molar-refractivity contribution in [3.05, 3.63) is 30.3 Å². The average Bonchev–Trinajstić information content (AvgIpc) is 2.83. The van der Waals surface area contributed by atoms with E-state index in [0.29, 0.717) is 0 Å². The largest absolute Gasteiger partial charge is 0.302 e. The third-order valence-electron chi connectivity index (χ3n) is 4.42. The van der Waals surface area contributed by atoms with Crippen molar-refractivity contribution < 1.29 is 0 Å². The summed E-state index contributed by atoms with van der Waals surface area (Å²) in [7, 11) is -1.41. The van der Waals surface area contributed by atoms with Crippen molar-refractivity contribution >= 4 is 13.3 Å². The topological polar surface area (TPSA) is 3.24 Å². The summed E-state index contributed by atoms with van der Waals surface area (Å²) in [5.41, 5.74) is 0.780. The van der Waals surface area contributed by atoms with Crippen molar-refractivity contribution in [2.24, 2.45) is 5.92 Å². The van der Waals surface area contributed by atoms with Gasteiger partial charge in [-0.3, -0.25) is 0 Å². The van der Waals surface area contributed by atoms with Crippen molar-refractivity contribution in [3.8, 4) is 0 Å². The third kappa shape index (κ3) is 2.70. The van der Waals surface area contributed by atoms with Crippen molar-refractivity contribution in [2.75, 3.05) is 13.1 Å². The van der Waals surface area contributed by atoms with E-state index in [-0.39, 0.29) is 0 Å². The minimum Gasteiger partial charge on any atom is -0.302 e. The third-order valence-corrected chi connectivity index (χ3v) is 8.75. The predicted octanol–water partition coefficient (Wildman–Crippen LogP) is 3.26. The summed E-state index contributed by atoms with van der Waals surface area (Å²) in [5, 5.41) is 1.61. The van der Waals surface area contributed by atoms with Gasteiger partial charge in [-0.15, -0.1) is 0 Å². The van der Waals surface area contributed by atoms with Gasteiger partial charge < -0.3 is 4.90 Å². The molecule has 1 nitrogen and oxygen atoms in total. The molecular formula is C16H27NSi. The van der Waals surface area contributed by atoms with Gasteiger partial charge in [-0.05, 0) is 31.8 Å². The van der Waals surface area contributed by atoms with E-state index in [1.165, 1.54) is 25.9 Å². The van der Waals surface area contributed by atoms with Gasteiger partial charge in [0.1, 0.15) is 0 Å². The van der Waals surface area contributed by atoms with E-state index < -0.39 is 8.07 Å². The van der Waals surface area contributed by atoms with Crippen LogP contribution in [0.4, 0.5) is 0 Å². The summed E-state index contributed by atoms with van der Waals surface area (Å²) in [4.78, 5) is 2.77.